The Morgan fingerprint density at radius 2 is 2.00 bits per heavy atom. The summed E-state index contributed by atoms with van der Waals surface area (Å²) in [6.07, 6.45) is 0. The summed E-state index contributed by atoms with van der Waals surface area (Å²) in [5.41, 5.74) is 3.07. The Morgan fingerprint density at radius 3 is 2.71 bits per heavy atom. The van der Waals surface area contributed by atoms with Crippen molar-refractivity contribution in [1.82, 2.24) is 0 Å². The fourth-order valence-electron chi connectivity index (χ4n) is 1.81. The first-order chi connectivity index (χ1) is 10.1. The third kappa shape index (κ3) is 4.07. The molecule has 0 aliphatic rings. The number of carbonyl (C=O) groups is 1. The Labute approximate surface area is 131 Å². The van der Waals surface area contributed by atoms with Gasteiger partial charge in [0.05, 0.1) is 23.9 Å². The summed E-state index contributed by atoms with van der Waals surface area (Å²) in [6, 6.07) is 14.9. The average Bonchev–Trinajstić information content (AvgIpc) is 2.49. The van der Waals surface area contributed by atoms with Crippen molar-refractivity contribution >= 4 is 33.2 Å². The smallest absolute Gasteiger partial charge is 0.243 e. The van der Waals surface area contributed by atoms with Gasteiger partial charge in [-0.25, -0.2) is 0 Å². The summed E-state index contributed by atoms with van der Waals surface area (Å²) in [6.45, 7) is 2.06. The van der Waals surface area contributed by atoms with Crippen LogP contribution < -0.4 is 10.6 Å². The lowest BCUT2D eigenvalue weighted by atomic mass is 10.1. The predicted octanol–water partition coefficient (Wildman–Crippen LogP) is 3.68. The lowest BCUT2D eigenvalue weighted by Gasteiger charge is -2.11. The SMILES string of the molecule is Cc1ccc(C#N)cc1NCC(=O)Nc1ccccc1Br. The first-order valence-corrected chi connectivity index (χ1v) is 7.18. The van der Waals surface area contributed by atoms with Gasteiger partial charge in [-0.15, -0.1) is 0 Å². The molecule has 1 amide bonds. The van der Waals surface area contributed by atoms with Crippen LogP contribution in [0.4, 0.5) is 11.4 Å². The molecule has 0 aliphatic heterocycles. The lowest BCUT2D eigenvalue weighted by Crippen LogP contribution is -2.22. The Kier molecular flexibility index (Phi) is 4.96. The number of halogens is 1. The highest BCUT2D eigenvalue weighted by atomic mass is 79.9. The van der Waals surface area contributed by atoms with Crippen LogP contribution >= 0.6 is 15.9 Å². The monoisotopic (exact) mass is 343 g/mol. The first-order valence-electron chi connectivity index (χ1n) is 6.39. The number of benzene rings is 2. The molecule has 0 spiro atoms. The van der Waals surface area contributed by atoms with Crippen LogP contribution in [-0.2, 0) is 4.79 Å². The van der Waals surface area contributed by atoms with Crippen molar-refractivity contribution in [3.8, 4) is 6.07 Å². The highest BCUT2D eigenvalue weighted by molar-refractivity contribution is 9.10. The molecule has 0 saturated carbocycles. The number of hydrogen-bond donors (Lipinski definition) is 2. The molecule has 0 atom stereocenters. The molecular formula is C16H14BrN3O. The summed E-state index contributed by atoms with van der Waals surface area (Å²) in [7, 11) is 0. The van der Waals surface area contributed by atoms with Crippen molar-refractivity contribution in [3.63, 3.8) is 0 Å². The van der Waals surface area contributed by atoms with E-state index in [0.717, 1.165) is 21.4 Å². The Balaban J connectivity index is 1.99. The zero-order valence-corrected chi connectivity index (χ0v) is 13.1. The largest absolute Gasteiger partial charge is 0.376 e. The number of nitriles is 1. The zero-order valence-electron chi connectivity index (χ0n) is 11.5. The van der Waals surface area contributed by atoms with Gasteiger partial charge in [0.1, 0.15) is 0 Å². The van der Waals surface area contributed by atoms with Gasteiger partial charge in [0.2, 0.25) is 5.91 Å². The van der Waals surface area contributed by atoms with Gasteiger partial charge in [0.15, 0.2) is 0 Å². The minimum Gasteiger partial charge on any atom is -0.376 e. The van der Waals surface area contributed by atoms with Gasteiger partial charge in [0.25, 0.3) is 0 Å². The molecular weight excluding hydrogens is 330 g/mol. The third-order valence-corrected chi connectivity index (χ3v) is 3.65. The summed E-state index contributed by atoms with van der Waals surface area (Å²) in [4.78, 5) is 11.9. The maximum absolute atomic E-state index is 11.9. The number of para-hydroxylation sites is 1. The number of rotatable bonds is 4. The molecule has 2 aromatic rings. The van der Waals surface area contributed by atoms with E-state index < -0.39 is 0 Å². The van der Waals surface area contributed by atoms with Crippen LogP contribution in [0, 0.1) is 18.3 Å². The van der Waals surface area contributed by atoms with E-state index >= 15 is 0 Å². The number of amides is 1. The number of carbonyl (C=O) groups excluding carboxylic acids is 1. The summed E-state index contributed by atoms with van der Waals surface area (Å²) in [5, 5.41) is 14.8. The summed E-state index contributed by atoms with van der Waals surface area (Å²) < 4.78 is 0.834. The van der Waals surface area contributed by atoms with E-state index in [1.54, 1.807) is 12.1 Å². The van der Waals surface area contributed by atoms with E-state index in [1.165, 1.54) is 0 Å². The van der Waals surface area contributed by atoms with E-state index in [1.807, 2.05) is 37.3 Å². The first kappa shape index (κ1) is 15.1. The lowest BCUT2D eigenvalue weighted by molar-refractivity contribution is -0.114. The van der Waals surface area contributed by atoms with Crippen molar-refractivity contribution < 1.29 is 4.79 Å². The molecule has 4 nitrogen and oxygen atoms in total. The molecule has 0 radical (unpaired) electrons. The maximum atomic E-state index is 11.9. The molecule has 0 unspecified atom stereocenters. The standard InChI is InChI=1S/C16H14BrN3O/c1-11-6-7-12(9-18)8-15(11)19-10-16(21)20-14-5-3-2-4-13(14)17/h2-8,19H,10H2,1H3,(H,20,21). The minimum absolute atomic E-state index is 0.136. The molecule has 5 heteroatoms. The van der Waals surface area contributed by atoms with Gasteiger partial charge in [-0.05, 0) is 52.7 Å². The fraction of sp³-hybridized carbons (Fsp3) is 0.125. The molecule has 0 aromatic heterocycles. The van der Waals surface area contributed by atoms with E-state index in [0.29, 0.717) is 5.56 Å². The second kappa shape index (κ2) is 6.91. The molecule has 2 aromatic carbocycles. The molecule has 0 saturated heterocycles. The van der Waals surface area contributed by atoms with Crippen molar-refractivity contribution in [2.75, 3.05) is 17.2 Å². The Morgan fingerprint density at radius 1 is 1.24 bits per heavy atom. The number of anilines is 2. The van der Waals surface area contributed by atoms with E-state index in [-0.39, 0.29) is 12.5 Å². The topological polar surface area (TPSA) is 64.9 Å². The minimum atomic E-state index is -0.149. The molecule has 106 valence electrons. The molecule has 0 fully saturated rings. The average molecular weight is 344 g/mol. The van der Waals surface area contributed by atoms with Crippen LogP contribution in [0.5, 0.6) is 0 Å². The third-order valence-electron chi connectivity index (χ3n) is 2.95. The van der Waals surface area contributed by atoms with Crippen LogP contribution in [0.1, 0.15) is 11.1 Å². The molecule has 0 bridgehead atoms. The second-order valence-electron chi connectivity index (χ2n) is 4.52. The van der Waals surface area contributed by atoms with Crippen molar-refractivity contribution in [3.05, 3.63) is 58.1 Å². The molecule has 0 heterocycles. The Bertz CT molecular complexity index is 707. The highest BCUT2D eigenvalue weighted by Crippen LogP contribution is 2.21. The van der Waals surface area contributed by atoms with E-state index in [2.05, 4.69) is 32.6 Å². The maximum Gasteiger partial charge on any atom is 0.243 e. The van der Waals surface area contributed by atoms with Crippen molar-refractivity contribution in [2.24, 2.45) is 0 Å². The highest BCUT2D eigenvalue weighted by Gasteiger charge is 2.06. The van der Waals surface area contributed by atoms with Crippen LogP contribution in [0.15, 0.2) is 46.9 Å². The van der Waals surface area contributed by atoms with Crippen LogP contribution in [0.2, 0.25) is 0 Å². The van der Waals surface area contributed by atoms with Gasteiger partial charge in [-0.3, -0.25) is 4.79 Å². The normalized spacial score (nSPS) is 9.76. The zero-order chi connectivity index (χ0) is 15.2. The van der Waals surface area contributed by atoms with E-state index in [4.69, 9.17) is 5.26 Å². The molecule has 2 rings (SSSR count). The number of nitrogens with zero attached hydrogens (tertiary/aromatic N) is 1. The second-order valence-corrected chi connectivity index (χ2v) is 5.38. The van der Waals surface area contributed by atoms with Gasteiger partial charge in [-0.2, -0.15) is 5.26 Å². The number of nitrogens with one attached hydrogen (secondary N) is 2. The van der Waals surface area contributed by atoms with Crippen molar-refractivity contribution in [2.45, 2.75) is 6.92 Å². The quantitative estimate of drug-likeness (QED) is 0.889. The van der Waals surface area contributed by atoms with Crippen LogP contribution in [0.3, 0.4) is 0 Å². The van der Waals surface area contributed by atoms with Gasteiger partial charge < -0.3 is 10.6 Å². The molecule has 0 aliphatic carbocycles. The molecule has 2 N–H and O–H groups in total. The Hall–Kier alpha value is -2.32. The number of aryl methyl sites for hydroxylation is 1. The summed E-state index contributed by atoms with van der Waals surface area (Å²) >= 11 is 3.38. The van der Waals surface area contributed by atoms with E-state index in [9.17, 15) is 4.79 Å². The van der Waals surface area contributed by atoms with Gasteiger partial charge in [-0.1, -0.05) is 18.2 Å². The van der Waals surface area contributed by atoms with Crippen LogP contribution in [-0.4, -0.2) is 12.5 Å². The predicted molar refractivity (Wildman–Crippen MR) is 87.2 cm³/mol. The van der Waals surface area contributed by atoms with Crippen molar-refractivity contribution in [1.29, 1.82) is 5.26 Å². The number of hydrogen-bond acceptors (Lipinski definition) is 3. The van der Waals surface area contributed by atoms with Gasteiger partial charge >= 0.3 is 0 Å². The molecule has 21 heavy (non-hydrogen) atoms. The summed E-state index contributed by atoms with van der Waals surface area (Å²) in [5.74, 6) is -0.149. The fourth-order valence-corrected chi connectivity index (χ4v) is 2.20. The van der Waals surface area contributed by atoms with Gasteiger partial charge in [0, 0.05) is 10.2 Å². The van der Waals surface area contributed by atoms with Crippen LogP contribution in [0.25, 0.3) is 0 Å².